The van der Waals surface area contributed by atoms with E-state index in [1.807, 2.05) is 6.92 Å². The van der Waals surface area contributed by atoms with Gasteiger partial charge in [-0.1, -0.05) is 6.42 Å². The molecule has 0 radical (unpaired) electrons. The fourth-order valence-corrected chi connectivity index (χ4v) is 1.46. The van der Waals surface area contributed by atoms with Gasteiger partial charge in [-0.05, 0) is 19.8 Å². The van der Waals surface area contributed by atoms with Crippen molar-refractivity contribution in [3.8, 4) is 0 Å². The third-order valence-electron chi connectivity index (χ3n) is 2.63. The third kappa shape index (κ3) is 6.10. The average Bonchev–Trinajstić information content (AvgIpc) is 2.15. The van der Waals surface area contributed by atoms with Gasteiger partial charge in [0.2, 0.25) is 0 Å². The second kappa shape index (κ2) is 8.05. The third-order valence-corrected chi connectivity index (χ3v) is 2.63. The maximum atomic E-state index is 9.55. The average molecular weight is 217 g/mol. The van der Waals surface area contributed by atoms with E-state index in [0.29, 0.717) is 32.4 Å². The second-order valence-corrected chi connectivity index (χ2v) is 3.96. The maximum absolute atomic E-state index is 9.55. The highest BCUT2D eigenvalue weighted by molar-refractivity contribution is 4.77. The van der Waals surface area contributed by atoms with Gasteiger partial charge in [-0.3, -0.25) is 0 Å². The van der Waals surface area contributed by atoms with E-state index in [1.165, 1.54) is 19.3 Å². The van der Waals surface area contributed by atoms with Crippen LogP contribution >= 0.6 is 0 Å². The van der Waals surface area contributed by atoms with Gasteiger partial charge in [-0.25, -0.2) is 0 Å². The van der Waals surface area contributed by atoms with E-state index in [-0.39, 0.29) is 0 Å². The van der Waals surface area contributed by atoms with Crippen molar-refractivity contribution >= 4 is 0 Å². The lowest BCUT2D eigenvalue weighted by molar-refractivity contribution is 0.00495. The molecular weight excluding hydrogens is 194 g/mol. The summed E-state index contributed by atoms with van der Waals surface area (Å²) in [5, 5.41) is 12.9. The summed E-state index contributed by atoms with van der Waals surface area (Å²) in [7, 11) is 0. The fourth-order valence-electron chi connectivity index (χ4n) is 1.46. The van der Waals surface area contributed by atoms with E-state index >= 15 is 0 Å². The molecule has 90 valence electrons. The molecule has 2 N–H and O–H groups in total. The van der Waals surface area contributed by atoms with Crippen LogP contribution in [0.2, 0.25) is 0 Å². The highest BCUT2D eigenvalue weighted by atomic mass is 16.5. The van der Waals surface area contributed by atoms with Crippen molar-refractivity contribution in [1.29, 1.82) is 0 Å². The molecule has 0 aromatic heterocycles. The van der Waals surface area contributed by atoms with E-state index in [0.717, 1.165) is 6.61 Å². The van der Waals surface area contributed by atoms with E-state index in [9.17, 15) is 5.11 Å². The maximum Gasteiger partial charge on any atom is 0.0897 e. The van der Waals surface area contributed by atoms with Crippen LogP contribution in [0, 0.1) is 0 Å². The first-order chi connectivity index (χ1) is 7.33. The van der Waals surface area contributed by atoms with Crippen molar-refractivity contribution in [1.82, 2.24) is 5.32 Å². The van der Waals surface area contributed by atoms with Crippen molar-refractivity contribution < 1.29 is 14.6 Å². The van der Waals surface area contributed by atoms with Crippen molar-refractivity contribution in [2.45, 2.75) is 38.3 Å². The van der Waals surface area contributed by atoms with Crippen LogP contribution in [0.25, 0.3) is 0 Å². The Morgan fingerprint density at radius 1 is 1.33 bits per heavy atom. The number of rotatable bonds is 9. The highest BCUT2D eigenvalue weighted by Gasteiger charge is 2.17. The molecule has 1 aliphatic carbocycles. The highest BCUT2D eigenvalue weighted by Crippen LogP contribution is 2.17. The molecule has 1 fully saturated rings. The van der Waals surface area contributed by atoms with Gasteiger partial charge < -0.3 is 19.9 Å². The molecule has 4 heteroatoms. The molecule has 0 saturated heterocycles. The van der Waals surface area contributed by atoms with Crippen molar-refractivity contribution in [2.24, 2.45) is 0 Å². The normalized spacial score (nSPS) is 18.8. The minimum Gasteiger partial charge on any atom is -0.389 e. The van der Waals surface area contributed by atoms with E-state index in [2.05, 4.69) is 5.32 Å². The smallest absolute Gasteiger partial charge is 0.0897 e. The minimum atomic E-state index is -0.396. The van der Waals surface area contributed by atoms with Crippen molar-refractivity contribution in [3.05, 3.63) is 0 Å². The molecule has 0 heterocycles. The second-order valence-electron chi connectivity index (χ2n) is 3.96. The molecular formula is C11H23NO3. The molecule has 15 heavy (non-hydrogen) atoms. The molecule has 4 nitrogen and oxygen atoms in total. The van der Waals surface area contributed by atoms with Gasteiger partial charge in [0.15, 0.2) is 0 Å². The zero-order valence-corrected chi connectivity index (χ0v) is 9.58. The Hall–Kier alpha value is -0.160. The topological polar surface area (TPSA) is 50.7 Å². The van der Waals surface area contributed by atoms with Crippen LogP contribution in [0.3, 0.4) is 0 Å². The lowest BCUT2D eigenvalue weighted by Crippen LogP contribution is -2.41. The largest absolute Gasteiger partial charge is 0.389 e. The summed E-state index contributed by atoms with van der Waals surface area (Å²) in [6, 6.07) is 0.628. The number of ether oxygens (including phenoxy) is 2. The van der Waals surface area contributed by atoms with Crippen LogP contribution in [-0.4, -0.2) is 50.2 Å². The van der Waals surface area contributed by atoms with Gasteiger partial charge in [0.25, 0.3) is 0 Å². The molecule has 0 amide bonds. The Balaban J connectivity index is 1.82. The van der Waals surface area contributed by atoms with Gasteiger partial charge >= 0.3 is 0 Å². The minimum absolute atomic E-state index is 0.396. The summed E-state index contributed by atoms with van der Waals surface area (Å²) in [5.41, 5.74) is 0. The summed E-state index contributed by atoms with van der Waals surface area (Å²) in [4.78, 5) is 0. The number of aliphatic hydroxyl groups is 1. The first-order valence-corrected chi connectivity index (χ1v) is 5.90. The quantitative estimate of drug-likeness (QED) is 0.554. The molecule has 1 saturated carbocycles. The van der Waals surface area contributed by atoms with Crippen LogP contribution in [0.1, 0.15) is 26.2 Å². The summed E-state index contributed by atoms with van der Waals surface area (Å²) in [6.45, 7) is 4.88. The van der Waals surface area contributed by atoms with Crippen LogP contribution in [-0.2, 0) is 9.47 Å². The number of aliphatic hydroxyl groups excluding tert-OH is 1. The van der Waals surface area contributed by atoms with E-state index in [4.69, 9.17) is 9.47 Å². The number of hydrogen-bond acceptors (Lipinski definition) is 4. The van der Waals surface area contributed by atoms with Gasteiger partial charge in [-0.15, -0.1) is 0 Å². The van der Waals surface area contributed by atoms with Crippen molar-refractivity contribution in [2.75, 3.05) is 33.0 Å². The van der Waals surface area contributed by atoms with E-state index < -0.39 is 6.10 Å². The molecule has 0 spiro atoms. The predicted molar refractivity (Wildman–Crippen MR) is 59.0 cm³/mol. The van der Waals surface area contributed by atoms with Gasteiger partial charge in [0.05, 0.1) is 25.9 Å². The van der Waals surface area contributed by atoms with Crippen LogP contribution < -0.4 is 5.32 Å². The molecule has 0 aromatic carbocycles. The zero-order chi connectivity index (χ0) is 10.9. The summed E-state index contributed by atoms with van der Waals surface area (Å²) >= 11 is 0. The molecule has 1 aliphatic rings. The van der Waals surface area contributed by atoms with Crippen LogP contribution in [0.15, 0.2) is 0 Å². The number of nitrogens with one attached hydrogen (secondary N) is 1. The fraction of sp³-hybridized carbons (Fsp3) is 1.00. The molecule has 1 rings (SSSR count). The summed E-state index contributed by atoms with van der Waals surface area (Å²) < 4.78 is 10.4. The first-order valence-electron chi connectivity index (χ1n) is 5.90. The number of hydrogen-bond donors (Lipinski definition) is 2. The Bertz CT molecular complexity index is 151. The van der Waals surface area contributed by atoms with Gasteiger partial charge in [0.1, 0.15) is 0 Å². The Morgan fingerprint density at radius 2 is 2.07 bits per heavy atom. The SMILES string of the molecule is CCOCCOCC(O)CNC1CCC1. The monoisotopic (exact) mass is 217 g/mol. The lowest BCUT2D eigenvalue weighted by atomic mass is 9.93. The van der Waals surface area contributed by atoms with Gasteiger partial charge in [-0.2, -0.15) is 0 Å². The van der Waals surface area contributed by atoms with Crippen LogP contribution in [0.5, 0.6) is 0 Å². The Kier molecular flexibility index (Phi) is 6.92. The molecule has 0 aromatic rings. The zero-order valence-electron chi connectivity index (χ0n) is 9.58. The standard InChI is InChI=1S/C11H23NO3/c1-2-14-6-7-15-9-11(13)8-12-10-4-3-5-10/h10-13H,2-9H2,1H3. The Morgan fingerprint density at radius 3 is 2.67 bits per heavy atom. The van der Waals surface area contributed by atoms with Gasteiger partial charge in [0, 0.05) is 19.2 Å². The molecule has 1 atom stereocenters. The predicted octanol–water partition coefficient (Wildman–Crippen LogP) is 0.542. The van der Waals surface area contributed by atoms with Crippen molar-refractivity contribution in [3.63, 3.8) is 0 Å². The van der Waals surface area contributed by atoms with E-state index in [1.54, 1.807) is 0 Å². The molecule has 0 bridgehead atoms. The first kappa shape index (κ1) is 12.9. The summed E-state index contributed by atoms with van der Waals surface area (Å²) in [5.74, 6) is 0. The molecule has 0 aliphatic heterocycles. The summed E-state index contributed by atoms with van der Waals surface area (Å²) in [6.07, 6.45) is 3.42. The lowest BCUT2D eigenvalue weighted by Gasteiger charge is -2.27. The van der Waals surface area contributed by atoms with Crippen LogP contribution in [0.4, 0.5) is 0 Å². The Labute approximate surface area is 92.0 Å². The molecule has 1 unspecified atom stereocenters.